The number of hydrogen-bond donors (Lipinski definition) is 2. The van der Waals surface area contributed by atoms with Gasteiger partial charge in [-0.25, -0.2) is 0 Å². The van der Waals surface area contributed by atoms with Gasteiger partial charge in [0, 0.05) is 4.47 Å². The van der Waals surface area contributed by atoms with Crippen molar-refractivity contribution < 1.29 is 28.9 Å². The Balaban J connectivity index is 1.12. The van der Waals surface area contributed by atoms with Crippen LogP contribution in [-0.2, 0) is 18.0 Å². The summed E-state index contributed by atoms with van der Waals surface area (Å²) in [5, 5.41) is 12.6. The molecule has 0 spiro atoms. The van der Waals surface area contributed by atoms with Crippen LogP contribution in [-0.4, -0.2) is 17.0 Å². The maximum absolute atomic E-state index is 13.7. The molecule has 0 radical (unpaired) electrons. The Labute approximate surface area is 299 Å². The van der Waals surface area contributed by atoms with Gasteiger partial charge in [-0.3, -0.25) is 9.59 Å². The molecule has 0 aliphatic carbocycles. The average molecular weight is 729 g/mol. The molecule has 0 aromatic heterocycles. The van der Waals surface area contributed by atoms with Crippen LogP contribution in [0.5, 0.6) is 23.0 Å². The molecule has 7 nitrogen and oxygen atoms in total. The fourth-order valence-corrected chi connectivity index (χ4v) is 5.70. The number of amides is 1. The number of rotatable bonds is 14. The van der Waals surface area contributed by atoms with Crippen LogP contribution in [0.1, 0.15) is 39.5 Å². The predicted molar refractivity (Wildman–Crippen MR) is 197 cm³/mol. The minimum Gasteiger partial charge on any atom is -0.489 e. The second-order valence-electron chi connectivity index (χ2n) is 11.5. The Bertz CT molecular complexity index is 2030. The van der Waals surface area contributed by atoms with Crippen LogP contribution < -0.4 is 19.5 Å². The van der Waals surface area contributed by atoms with Gasteiger partial charge < -0.3 is 24.6 Å². The Morgan fingerprint density at radius 2 is 1.22 bits per heavy atom. The summed E-state index contributed by atoms with van der Waals surface area (Å²) in [7, 11) is 0. The number of aliphatic carboxylic acids is 1. The lowest BCUT2D eigenvalue weighted by molar-refractivity contribution is -0.137. The maximum atomic E-state index is 13.7. The van der Waals surface area contributed by atoms with Crippen molar-refractivity contribution in [1.29, 1.82) is 0 Å². The molecule has 1 unspecified atom stereocenters. The quantitative estimate of drug-likeness (QED) is 0.116. The van der Waals surface area contributed by atoms with E-state index in [0.717, 1.165) is 33.8 Å². The van der Waals surface area contributed by atoms with E-state index in [9.17, 15) is 14.7 Å². The number of nitrogens with one attached hydrogen (secondary N) is 1. The fraction of sp³-hybridized carbons (Fsp3) is 0.0952. The lowest BCUT2D eigenvalue weighted by Crippen LogP contribution is -2.30. The van der Waals surface area contributed by atoms with Crippen LogP contribution in [0.15, 0.2) is 156 Å². The summed E-state index contributed by atoms with van der Waals surface area (Å²) in [6.07, 6.45) is -0.295. The van der Waals surface area contributed by atoms with Crippen LogP contribution in [0.3, 0.4) is 0 Å². The first-order valence-corrected chi connectivity index (χ1v) is 16.8. The maximum Gasteiger partial charge on any atom is 0.305 e. The van der Waals surface area contributed by atoms with Crippen molar-refractivity contribution in [2.45, 2.75) is 25.7 Å². The summed E-state index contributed by atoms with van der Waals surface area (Å²) in [4.78, 5) is 25.6. The molecule has 6 rings (SSSR count). The molecule has 0 heterocycles. The first-order chi connectivity index (χ1) is 24.4. The second-order valence-corrected chi connectivity index (χ2v) is 12.5. The molecule has 0 saturated heterocycles. The Kier molecular flexibility index (Phi) is 11.2. The van der Waals surface area contributed by atoms with Crippen LogP contribution in [0.2, 0.25) is 0 Å². The number of carboxylic acid groups (broad SMARTS) is 1. The van der Waals surface area contributed by atoms with E-state index >= 15 is 0 Å². The first-order valence-electron chi connectivity index (χ1n) is 16.0. The zero-order valence-electron chi connectivity index (χ0n) is 27.0. The highest BCUT2D eigenvalue weighted by Gasteiger charge is 2.22. The first kappa shape index (κ1) is 34.0. The van der Waals surface area contributed by atoms with Gasteiger partial charge in [-0.15, -0.1) is 0 Å². The van der Waals surface area contributed by atoms with Gasteiger partial charge in [-0.1, -0.05) is 113 Å². The summed E-state index contributed by atoms with van der Waals surface area (Å²) < 4.78 is 18.7. The van der Waals surface area contributed by atoms with Crippen LogP contribution in [0.25, 0.3) is 11.1 Å². The molecule has 1 amide bonds. The van der Waals surface area contributed by atoms with E-state index < -0.39 is 17.9 Å². The SMILES string of the molecule is O=C(O)CC(NC(=O)c1cc(Br)ccc1OCc1cccc(OCc2ccccc2)c1)c1ccc(-c2ccc(Oc3ccccc3)cc2)cc1. The molecule has 0 bridgehead atoms. The Morgan fingerprint density at radius 1 is 0.620 bits per heavy atom. The van der Waals surface area contributed by atoms with Gasteiger partial charge in [0.05, 0.1) is 18.0 Å². The summed E-state index contributed by atoms with van der Waals surface area (Å²) in [6.45, 7) is 0.643. The van der Waals surface area contributed by atoms with Gasteiger partial charge in [0.25, 0.3) is 5.91 Å². The smallest absolute Gasteiger partial charge is 0.305 e. The summed E-state index contributed by atoms with van der Waals surface area (Å²) >= 11 is 3.45. The molecule has 6 aromatic carbocycles. The van der Waals surface area contributed by atoms with Crippen molar-refractivity contribution in [1.82, 2.24) is 5.32 Å². The minimum atomic E-state index is -1.03. The van der Waals surface area contributed by atoms with E-state index in [4.69, 9.17) is 14.2 Å². The van der Waals surface area contributed by atoms with E-state index in [2.05, 4.69) is 21.2 Å². The van der Waals surface area contributed by atoms with E-state index in [1.54, 1.807) is 18.2 Å². The standard InChI is InChI=1S/C42H34BrNO6/c43-34-20-23-40(49-28-30-10-7-13-37(24-30)48-27-29-8-3-1-4-9-29)38(25-34)42(47)44-39(26-41(45)46)33-16-14-31(15-17-33)32-18-21-36(22-19-32)50-35-11-5-2-6-12-35/h1-25,39H,26-28H2,(H,44,47)(H,45,46). The van der Waals surface area contributed by atoms with Crippen molar-refractivity contribution in [3.8, 4) is 34.1 Å². The topological polar surface area (TPSA) is 94.1 Å². The Morgan fingerprint density at radius 3 is 1.92 bits per heavy atom. The van der Waals surface area contributed by atoms with Gasteiger partial charge in [0.2, 0.25) is 0 Å². The predicted octanol–water partition coefficient (Wildman–Crippen LogP) is 10.0. The molecule has 250 valence electrons. The molecule has 6 aromatic rings. The number of ether oxygens (including phenoxy) is 3. The second kappa shape index (κ2) is 16.5. The van der Waals surface area contributed by atoms with E-state index in [1.807, 2.05) is 133 Å². The zero-order valence-corrected chi connectivity index (χ0v) is 28.6. The number of carboxylic acids is 1. The van der Waals surface area contributed by atoms with Crippen molar-refractivity contribution in [3.63, 3.8) is 0 Å². The van der Waals surface area contributed by atoms with E-state index in [-0.39, 0.29) is 18.6 Å². The largest absolute Gasteiger partial charge is 0.489 e. The highest BCUT2D eigenvalue weighted by molar-refractivity contribution is 9.10. The number of carbonyl (C=O) groups excluding carboxylic acids is 1. The zero-order chi connectivity index (χ0) is 34.7. The minimum absolute atomic E-state index is 0.198. The molecule has 8 heteroatoms. The van der Waals surface area contributed by atoms with Crippen LogP contribution >= 0.6 is 15.9 Å². The highest BCUT2D eigenvalue weighted by atomic mass is 79.9. The number of para-hydroxylation sites is 1. The molecule has 2 N–H and O–H groups in total. The molecule has 0 saturated carbocycles. The molecular formula is C42H34BrNO6. The van der Waals surface area contributed by atoms with E-state index in [1.165, 1.54) is 0 Å². The monoisotopic (exact) mass is 727 g/mol. The van der Waals surface area contributed by atoms with Gasteiger partial charge in [0.1, 0.15) is 36.2 Å². The molecule has 50 heavy (non-hydrogen) atoms. The number of carbonyl (C=O) groups is 2. The molecule has 0 aliphatic rings. The number of benzene rings is 6. The van der Waals surface area contributed by atoms with Crippen LogP contribution in [0, 0.1) is 0 Å². The van der Waals surface area contributed by atoms with Gasteiger partial charge in [0.15, 0.2) is 0 Å². The third-order valence-electron chi connectivity index (χ3n) is 7.89. The van der Waals surface area contributed by atoms with Gasteiger partial charge >= 0.3 is 5.97 Å². The Hall–Kier alpha value is -5.86. The highest BCUT2D eigenvalue weighted by Crippen LogP contribution is 2.29. The summed E-state index contributed by atoms with van der Waals surface area (Å²) in [5.74, 6) is 1.07. The van der Waals surface area contributed by atoms with E-state index in [0.29, 0.717) is 28.1 Å². The lowest BCUT2D eigenvalue weighted by atomic mass is 9.98. The number of halogens is 1. The normalized spacial score (nSPS) is 11.3. The third-order valence-corrected chi connectivity index (χ3v) is 8.38. The van der Waals surface area contributed by atoms with Crippen molar-refractivity contribution in [2.75, 3.05) is 0 Å². The van der Waals surface area contributed by atoms with Gasteiger partial charge in [-0.2, -0.15) is 0 Å². The summed E-state index contributed by atoms with van der Waals surface area (Å²) in [6, 6.07) is 46.7. The molecule has 0 fully saturated rings. The van der Waals surface area contributed by atoms with Crippen LogP contribution in [0.4, 0.5) is 0 Å². The fourth-order valence-electron chi connectivity index (χ4n) is 5.34. The molecule has 0 aliphatic heterocycles. The summed E-state index contributed by atoms with van der Waals surface area (Å²) in [5.41, 5.74) is 4.79. The van der Waals surface area contributed by atoms with Crippen molar-refractivity contribution in [3.05, 3.63) is 178 Å². The average Bonchev–Trinajstić information content (AvgIpc) is 3.14. The molecule has 1 atom stereocenters. The van der Waals surface area contributed by atoms with Crippen molar-refractivity contribution >= 4 is 27.8 Å². The molecular weight excluding hydrogens is 694 g/mol. The third kappa shape index (κ3) is 9.39. The van der Waals surface area contributed by atoms with Gasteiger partial charge in [-0.05, 0) is 82.4 Å². The lowest BCUT2D eigenvalue weighted by Gasteiger charge is -2.19. The number of hydrogen-bond acceptors (Lipinski definition) is 5. The van der Waals surface area contributed by atoms with Crippen molar-refractivity contribution in [2.24, 2.45) is 0 Å².